The average Bonchev–Trinajstić information content (AvgIpc) is 2.85. The van der Waals surface area contributed by atoms with Gasteiger partial charge in [-0.25, -0.2) is 18.7 Å². The lowest BCUT2D eigenvalue weighted by Gasteiger charge is -1.87. The van der Waals surface area contributed by atoms with Crippen LogP contribution in [0.5, 0.6) is 0 Å². The van der Waals surface area contributed by atoms with Gasteiger partial charge >= 0.3 is 0 Å². The molecular weight excluding hydrogens is 248 g/mol. The first kappa shape index (κ1) is 11.2. The Balaban J connectivity index is 2.39. The maximum absolute atomic E-state index is 11.0. The lowest BCUT2D eigenvalue weighted by molar-refractivity contribution is 0.589. The second-order valence-electron chi connectivity index (χ2n) is 3.13. The molecule has 0 aliphatic heterocycles. The molecule has 3 N–H and O–H groups in total. The van der Waals surface area contributed by atoms with Crippen molar-refractivity contribution in [3.05, 3.63) is 17.0 Å². The number of thiophene rings is 1. The van der Waals surface area contributed by atoms with Gasteiger partial charge in [-0.1, -0.05) is 6.92 Å². The van der Waals surface area contributed by atoms with Crippen LogP contribution in [0.15, 0.2) is 17.3 Å². The average molecular weight is 258 g/mol. The topological polar surface area (TPSA) is 102 Å². The molecule has 86 valence electrons. The molecule has 0 aromatic carbocycles. The molecule has 2 aromatic rings. The number of rotatable bonds is 3. The third-order valence-corrected chi connectivity index (χ3v) is 3.91. The minimum Gasteiger partial charge on any atom is -0.248 e. The number of hydrogen-bond acceptors (Lipinski definition) is 5. The third-order valence-electron chi connectivity index (χ3n) is 1.96. The third kappa shape index (κ3) is 2.13. The van der Waals surface area contributed by atoms with Crippen LogP contribution >= 0.6 is 11.3 Å². The molecule has 0 atom stereocenters. The Morgan fingerprint density at radius 2 is 2.25 bits per heavy atom. The van der Waals surface area contributed by atoms with Crippen molar-refractivity contribution in [2.75, 3.05) is 0 Å². The highest BCUT2D eigenvalue weighted by Crippen LogP contribution is 2.25. The Bertz CT molecular complexity index is 599. The summed E-state index contributed by atoms with van der Waals surface area (Å²) in [6.07, 6.45) is 0.928. The van der Waals surface area contributed by atoms with E-state index in [0.717, 1.165) is 11.3 Å². The van der Waals surface area contributed by atoms with Gasteiger partial charge in [-0.15, -0.1) is 11.3 Å². The van der Waals surface area contributed by atoms with Crippen LogP contribution in [0, 0.1) is 0 Å². The largest absolute Gasteiger partial charge is 0.273 e. The first-order valence-electron chi connectivity index (χ1n) is 4.55. The summed E-state index contributed by atoms with van der Waals surface area (Å²) in [6.45, 7) is 2.05. The van der Waals surface area contributed by atoms with Crippen molar-refractivity contribution in [1.29, 1.82) is 0 Å². The second-order valence-corrected chi connectivity index (χ2v) is 5.77. The molecule has 0 unspecified atom stereocenters. The van der Waals surface area contributed by atoms with Gasteiger partial charge in [-0.3, -0.25) is 0 Å². The van der Waals surface area contributed by atoms with Crippen molar-refractivity contribution in [2.24, 2.45) is 5.14 Å². The van der Waals surface area contributed by atoms with E-state index in [-0.39, 0.29) is 5.16 Å². The van der Waals surface area contributed by atoms with E-state index in [9.17, 15) is 8.42 Å². The molecule has 2 heterocycles. The van der Waals surface area contributed by atoms with Crippen molar-refractivity contribution in [1.82, 2.24) is 15.2 Å². The summed E-state index contributed by atoms with van der Waals surface area (Å²) in [5, 5.41) is 10.7. The Labute approximate surface area is 96.6 Å². The van der Waals surface area contributed by atoms with Gasteiger partial charge in [0.2, 0.25) is 0 Å². The highest BCUT2D eigenvalue weighted by Gasteiger charge is 2.15. The number of aromatic amines is 1. The maximum atomic E-state index is 11.0. The van der Waals surface area contributed by atoms with Crippen molar-refractivity contribution in [3.63, 3.8) is 0 Å². The normalized spacial score (nSPS) is 11.9. The molecule has 0 saturated carbocycles. The SMILES string of the molecule is CCc1ccc(-c2n[nH]c(S(N)(=O)=O)n2)s1. The smallest absolute Gasteiger partial charge is 0.248 e. The molecule has 0 radical (unpaired) electrons. The Hall–Kier alpha value is -1.25. The minimum atomic E-state index is -3.81. The maximum Gasteiger partial charge on any atom is 0.273 e. The summed E-state index contributed by atoms with van der Waals surface area (Å²) in [6, 6.07) is 3.83. The first-order valence-corrected chi connectivity index (χ1v) is 6.91. The number of aryl methyl sites for hydroxylation is 1. The van der Waals surface area contributed by atoms with Crippen molar-refractivity contribution in [3.8, 4) is 10.7 Å². The predicted molar refractivity (Wildman–Crippen MR) is 60.4 cm³/mol. The van der Waals surface area contributed by atoms with E-state index in [1.165, 1.54) is 16.2 Å². The number of nitrogens with two attached hydrogens (primary N) is 1. The summed E-state index contributed by atoms with van der Waals surface area (Å²) in [5.74, 6) is 0.355. The van der Waals surface area contributed by atoms with Crippen molar-refractivity contribution in [2.45, 2.75) is 18.5 Å². The molecule has 0 bridgehead atoms. The molecule has 2 aromatic heterocycles. The minimum absolute atomic E-state index is 0.311. The molecule has 6 nitrogen and oxygen atoms in total. The molecule has 16 heavy (non-hydrogen) atoms. The standard InChI is InChI=1S/C8H10N4O2S2/c1-2-5-3-4-6(15-5)7-10-8(12-11-7)16(9,13)14/h3-4H,2H2,1H3,(H2,9,13,14)(H,10,11,12). The van der Waals surface area contributed by atoms with E-state index >= 15 is 0 Å². The van der Waals surface area contributed by atoms with E-state index in [0.29, 0.717) is 5.82 Å². The molecule has 0 aliphatic rings. The second kappa shape index (κ2) is 3.96. The van der Waals surface area contributed by atoms with Crippen LogP contribution < -0.4 is 5.14 Å². The van der Waals surface area contributed by atoms with Crippen LogP contribution in [0.2, 0.25) is 0 Å². The van der Waals surface area contributed by atoms with Gasteiger partial charge in [0.1, 0.15) is 0 Å². The van der Waals surface area contributed by atoms with Crippen molar-refractivity contribution >= 4 is 21.4 Å². The summed E-state index contributed by atoms with van der Waals surface area (Å²) in [5.41, 5.74) is 0. The fraction of sp³-hybridized carbons (Fsp3) is 0.250. The lowest BCUT2D eigenvalue weighted by atomic mass is 10.3. The van der Waals surface area contributed by atoms with Gasteiger partial charge in [0.25, 0.3) is 15.2 Å². The highest BCUT2D eigenvalue weighted by molar-refractivity contribution is 7.89. The van der Waals surface area contributed by atoms with E-state index in [1.54, 1.807) is 0 Å². The summed E-state index contributed by atoms with van der Waals surface area (Å²) >= 11 is 1.53. The van der Waals surface area contributed by atoms with Gasteiger partial charge < -0.3 is 0 Å². The molecular formula is C8H10N4O2S2. The van der Waals surface area contributed by atoms with Gasteiger partial charge in [-0.05, 0) is 18.6 Å². The predicted octanol–water partition coefficient (Wildman–Crippen LogP) is 0.743. The highest BCUT2D eigenvalue weighted by atomic mass is 32.2. The van der Waals surface area contributed by atoms with Crippen LogP contribution in [0.25, 0.3) is 10.7 Å². The van der Waals surface area contributed by atoms with Gasteiger partial charge in [0.15, 0.2) is 5.82 Å². The van der Waals surface area contributed by atoms with E-state index < -0.39 is 10.0 Å². The van der Waals surface area contributed by atoms with Crippen LogP contribution in [0.1, 0.15) is 11.8 Å². The Kier molecular flexibility index (Phi) is 2.78. The van der Waals surface area contributed by atoms with E-state index in [1.807, 2.05) is 19.1 Å². The molecule has 0 amide bonds. The number of primary sulfonamides is 1. The van der Waals surface area contributed by atoms with E-state index in [4.69, 9.17) is 5.14 Å². The Morgan fingerprint density at radius 1 is 1.50 bits per heavy atom. The summed E-state index contributed by atoms with van der Waals surface area (Å²) in [4.78, 5) is 5.84. The van der Waals surface area contributed by atoms with Crippen LogP contribution in [-0.4, -0.2) is 23.6 Å². The van der Waals surface area contributed by atoms with Gasteiger partial charge in [-0.2, -0.15) is 10.1 Å². The monoisotopic (exact) mass is 258 g/mol. The number of nitrogens with zero attached hydrogens (tertiary/aromatic N) is 2. The zero-order chi connectivity index (χ0) is 11.8. The zero-order valence-corrected chi connectivity index (χ0v) is 10.1. The summed E-state index contributed by atoms with van der Waals surface area (Å²) in [7, 11) is -3.81. The lowest BCUT2D eigenvalue weighted by Crippen LogP contribution is -2.13. The number of nitrogens with one attached hydrogen (secondary N) is 1. The fourth-order valence-electron chi connectivity index (χ4n) is 1.17. The molecule has 0 spiro atoms. The van der Waals surface area contributed by atoms with Crippen LogP contribution in [0.4, 0.5) is 0 Å². The number of sulfonamides is 1. The Morgan fingerprint density at radius 3 is 2.75 bits per heavy atom. The molecule has 8 heteroatoms. The van der Waals surface area contributed by atoms with Crippen LogP contribution in [-0.2, 0) is 16.4 Å². The van der Waals surface area contributed by atoms with Gasteiger partial charge in [0.05, 0.1) is 4.88 Å². The molecule has 0 aliphatic carbocycles. The first-order chi connectivity index (χ1) is 7.50. The molecule has 2 rings (SSSR count). The van der Waals surface area contributed by atoms with Gasteiger partial charge in [0, 0.05) is 4.88 Å². The van der Waals surface area contributed by atoms with E-state index in [2.05, 4.69) is 15.2 Å². The fourth-order valence-corrected chi connectivity index (χ4v) is 2.44. The summed E-state index contributed by atoms with van der Waals surface area (Å²) < 4.78 is 22.0. The molecule has 0 fully saturated rings. The zero-order valence-electron chi connectivity index (χ0n) is 8.47. The number of H-pyrrole nitrogens is 1. The quantitative estimate of drug-likeness (QED) is 0.847. The number of hydrogen-bond donors (Lipinski definition) is 2. The molecule has 0 saturated heterocycles. The van der Waals surface area contributed by atoms with Crippen molar-refractivity contribution < 1.29 is 8.42 Å². The van der Waals surface area contributed by atoms with Crippen LogP contribution in [0.3, 0.4) is 0 Å². The number of aromatic nitrogens is 3.